The number of methoxy groups -OCH3 is 1. The summed E-state index contributed by atoms with van der Waals surface area (Å²) in [5.74, 6) is 0.876. The Morgan fingerprint density at radius 3 is 3.06 bits per heavy atom. The van der Waals surface area contributed by atoms with Crippen LogP contribution in [0.2, 0.25) is 0 Å². The maximum Gasteiger partial charge on any atom is 0.231 e. The van der Waals surface area contributed by atoms with Gasteiger partial charge in [0.1, 0.15) is 11.6 Å². The number of rotatable bonds is 2. The third-order valence-electron chi connectivity index (χ3n) is 2.91. The van der Waals surface area contributed by atoms with Gasteiger partial charge < -0.3 is 10.1 Å². The lowest BCUT2D eigenvalue weighted by atomic mass is 9.95. The number of hydrogen-bond acceptors (Lipinski definition) is 4. The number of piperidine rings is 1. The van der Waals surface area contributed by atoms with Crippen LogP contribution in [0.5, 0.6) is 5.88 Å². The van der Waals surface area contributed by atoms with E-state index in [0.29, 0.717) is 17.4 Å². The van der Waals surface area contributed by atoms with Crippen molar-refractivity contribution >= 4 is 0 Å². The summed E-state index contributed by atoms with van der Waals surface area (Å²) < 4.78 is 5.11. The first-order valence-corrected chi connectivity index (χ1v) is 5.51. The molecule has 4 nitrogen and oxygen atoms in total. The van der Waals surface area contributed by atoms with Gasteiger partial charge in [-0.3, -0.25) is 0 Å². The fourth-order valence-corrected chi connectivity index (χ4v) is 2.03. The van der Waals surface area contributed by atoms with Crippen LogP contribution in [0.4, 0.5) is 0 Å². The standard InChI is InChI=1S/C12H15N3O/c1-16-12-9(7-13)4-5-11(15-12)10-3-2-6-14-8-10/h4-5,10,14H,2-3,6,8H2,1H3. The number of nitrogens with one attached hydrogen (secondary N) is 1. The van der Waals surface area contributed by atoms with E-state index in [1.165, 1.54) is 6.42 Å². The molecule has 0 aliphatic carbocycles. The third-order valence-corrected chi connectivity index (χ3v) is 2.91. The number of hydrogen-bond donors (Lipinski definition) is 1. The molecule has 0 aromatic carbocycles. The summed E-state index contributed by atoms with van der Waals surface area (Å²) in [4.78, 5) is 4.40. The van der Waals surface area contributed by atoms with E-state index in [9.17, 15) is 0 Å². The maximum atomic E-state index is 8.87. The van der Waals surface area contributed by atoms with Gasteiger partial charge in [0, 0.05) is 18.2 Å². The maximum absolute atomic E-state index is 8.87. The van der Waals surface area contributed by atoms with Crippen molar-refractivity contribution in [1.29, 1.82) is 5.26 Å². The minimum Gasteiger partial charge on any atom is -0.480 e. The molecule has 1 aliphatic rings. The molecule has 84 valence electrons. The second-order valence-electron chi connectivity index (χ2n) is 3.95. The lowest BCUT2D eigenvalue weighted by Gasteiger charge is -2.22. The Morgan fingerprint density at radius 1 is 1.56 bits per heavy atom. The first kappa shape index (κ1) is 10.9. The molecule has 1 fully saturated rings. The summed E-state index contributed by atoms with van der Waals surface area (Å²) >= 11 is 0. The minimum atomic E-state index is 0.436. The van der Waals surface area contributed by atoms with Crippen LogP contribution in [0.3, 0.4) is 0 Å². The molecule has 0 bridgehead atoms. The predicted octanol–water partition coefficient (Wildman–Crippen LogP) is 1.43. The fraction of sp³-hybridized carbons (Fsp3) is 0.500. The molecular formula is C12H15N3O. The minimum absolute atomic E-state index is 0.436. The van der Waals surface area contributed by atoms with Crippen molar-refractivity contribution in [2.45, 2.75) is 18.8 Å². The van der Waals surface area contributed by atoms with Crippen LogP contribution in [0.15, 0.2) is 12.1 Å². The Bertz CT molecular complexity index is 405. The molecule has 2 rings (SSSR count). The van der Waals surface area contributed by atoms with E-state index in [1.807, 2.05) is 6.07 Å². The van der Waals surface area contributed by atoms with Gasteiger partial charge in [-0.2, -0.15) is 5.26 Å². The van der Waals surface area contributed by atoms with Crippen molar-refractivity contribution in [3.8, 4) is 11.9 Å². The van der Waals surface area contributed by atoms with E-state index in [4.69, 9.17) is 10.00 Å². The zero-order valence-electron chi connectivity index (χ0n) is 9.36. The van der Waals surface area contributed by atoms with E-state index in [0.717, 1.165) is 25.2 Å². The highest BCUT2D eigenvalue weighted by atomic mass is 16.5. The SMILES string of the molecule is COc1nc(C2CCCNC2)ccc1C#N. The molecule has 0 spiro atoms. The number of nitrogens with zero attached hydrogens (tertiary/aromatic N) is 2. The first-order valence-electron chi connectivity index (χ1n) is 5.51. The molecule has 0 amide bonds. The average Bonchev–Trinajstić information content (AvgIpc) is 2.39. The van der Waals surface area contributed by atoms with E-state index >= 15 is 0 Å². The highest BCUT2D eigenvalue weighted by molar-refractivity contribution is 5.39. The van der Waals surface area contributed by atoms with Crippen molar-refractivity contribution in [3.63, 3.8) is 0 Å². The molecule has 0 saturated carbocycles. The number of aromatic nitrogens is 1. The number of nitriles is 1. The molecule has 4 heteroatoms. The van der Waals surface area contributed by atoms with Crippen LogP contribution >= 0.6 is 0 Å². The Morgan fingerprint density at radius 2 is 2.44 bits per heavy atom. The van der Waals surface area contributed by atoms with Crippen molar-refractivity contribution in [2.75, 3.05) is 20.2 Å². The Balaban J connectivity index is 2.25. The Hall–Kier alpha value is -1.60. The second kappa shape index (κ2) is 4.95. The van der Waals surface area contributed by atoms with Gasteiger partial charge in [0.05, 0.1) is 7.11 Å². The topological polar surface area (TPSA) is 57.9 Å². The molecule has 1 aromatic heterocycles. The molecule has 16 heavy (non-hydrogen) atoms. The van der Waals surface area contributed by atoms with Crippen LogP contribution in [0.1, 0.15) is 30.0 Å². The first-order chi connectivity index (χ1) is 7.85. The zero-order chi connectivity index (χ0) is 11.4. The van der Waals surface area contributed by atoms with Crippen molar-refractivity contribution in [2.24, 2.45) is 0 Å². The number of pyridine rings is 1. The number of ether oxygens (including phenoxy) is 1. The van der Waals surface area contributed by atoms with Crippen molar-refractivity contribution in [3.05, 3.63) is 23.4 Å². The van der Waals surface area contributed by atoms with Gasteiger partial charge in [-0.25, -0.2) is 4.98 Å². The summed E-state index contributed by atoms with van der Waals surface area (Å²) in [6.45, 7) is 2.05. The molecule has 0 radical (unpaired) electrons. The van der Waals surface area contributed by atoms with E-state index in [-0.39, 0.29) is 0 Å². The highest BCUT2D eigenvalue weighted by Gasteiger charge is 2.17. The lowest BCUT2D eigenvalue weighted by Crippen LogP contribution is -2.28. The third kappa shape index (κ3) is 2.15. The summed E-state index contributed by atoms with van der Waals surface area (Å²) in [6, 6.07) is 5.79. The van der Waals surface area contributed by atoms with Gasteiger partial charge in [0.25, 0.3) is 0 Å². The summed E-state index contributed by atoms with van der Waals surface area (Å²) in [6.07, 6.45) is 2.32. The fourth-order valence-electron chi connectivity index (χ4n) is 2.03. The van der Waals surface area contributed by atoms with Gasteiger partial charge in [0.15, 0.2) is 0 Å². The molecular weight excluding hydrogens is 202 g/mol. The summed E-state index contributed by atoms with van der Waals surface area (Å²) in [7, 11) is 1.55. The van der Waals surface area contributed by atoms with Crippen LogP contribution in [0.25, 0.3) is 0 Å². The van der Waals surface area contributed by atoms with Crippen molar-refractivity contribution in [1.82, 2.24) is 10.3 Å². The van der Waals surface area contributed by atoms with Crippen molar-refractivity contribution < 1.29 is 4.74 Å². The second-order valence-corrected chi connectivity index (χ2v) is 3.95. The smallest absolute Gasteiger partial charge is 0.231 e. The predicted molar refractivity (Wildman–Crippen MR) is 60.3 cm³/mol. The van der Waals surface area contributed by atoms with E-state index in [1.54, 1.807) is 13.2 Å². The Kier molecular flexibility index (Phi) is 3.37. The zero-order valence-corrected chi connectivity index (χ0v) is 9.36. The molecule has 1 aromatic rings. The van der Waals surface area contributed by atoms with Crippen LogP contribution in [0, 0.1) is 11.3 Å². The van der Waals surface area contributed by atoms with Gasteiger partial charge in [-0.1, -0.05) is 0 Å². The average molecular weight is 217 g/mol. The van der Waals surface area contributed by atoms with Gasteiger partial charge in [0.2, 0.25) is 5.88 Å². The Labute approximate surface area is 95.3 Å². The van der Waals surface area contributed by atoms with Crippen LogP contribution in [-0.2, 0) is 0 Å². The summed E-state index contributed by atoms with van der Waals surface area (Å²) in [5, 5.41) is 12.2. The molecule has 1 aliphatic heterocycles. The highest BCUT2D eigenvalue weighted by Crippen LogP contribution is 2.24. The molecule has 1 unspecified atom stereocenters. The molecule has 1 N–H and O–H groups in total. The molecule has 1 atom stereocenters. The summed E-state index contributed by atoms with van der Waals surface area (Å²) in [5.41, 5.74) is 1.51. The molecule has 2 heterocycles. The monoisotopic (exact) mass is 217 g/mol. The normalized spacial score (nSPS) is 20.1. The van der Waals surface area contributed by atoms with Gasteiger partial charge >= 0.3 is 0 Å². The van der Waals surface area contributed by atoms with Gasteiger partial charge in [-0.15, -0.1) is 0 Å². The van der Waals surface area contributed by atoms with Crippen LogP contribution in [-0.4, -0.2) is 25.2 Å². The van der Waals surface area contributed by atoms with Gasteiger partial charge in [-0.05, 0) is 31.5 Å². The van der Waals surface area contributed by atoms with E-state index in [2.05, 4.69) is 16.4 Å². The lowest BCUT2D eigenvalue weighted by molar-refractivity contribution is 0.388. The van der Waals surface area contributed by atoms with E-state index < -0.39 is 0 Å². The van der Waals surface area contributed by atoms with Crippen LogP contribution < -0.4 is 10.1 Å². The molecule has 1 saturated heterocycles. The quantitative estimate of drug-likeness (QED) is 0.814. The largest absolute Gasteiger partial charge is 0.480 e.